The topological polar surface area (TPSA) is 131 Å². The number of hydrogen-bond donors (Lipinski definition) is 3. The summed E-state index contributed by atoms with van der Waals surface area (Å²) in [4.78, 5) is 19.2. The molecule has 2 heterocycles. The van der Waals surface area contributed by atoms with Crippen LogP contribution in [0.5, 0.6) is 0 Å². The first kappa shape index (κ1) is 47.2. The van der Waals surface area contributed by atoms with E-state index in [0.717, 1.165) is 114 Å². The molecular weight excluding hydrogens is 905 g/mol. The molecule has 18 heteroatoms. The van der Waals surface area contributed by atoms with Gasteiger partial charge in [-0.3, -0.25) is 9.69 Å². The lowest BCUT2D eigenvalue weighted by Crippen LogP contribution is -2.65. The van der Waals surface area contributed by atoms with Crippen molar-refractivity contribution in [3.63, 3.8) is 0 Å². The van der Waals surface area contributed by atoms with Gasteiger partial charge < -0.3 is 20.4 Å². The molecule has 0 radical (unpaired) electrons. The third-order valence-corrected chi connectivity index (χ3v) is 18.1. The lowest BCUT2D eigenvalue weighted by Gasteiger charge is -2.70. The fourth-order valence-corrected chi connectivity index (χ4v) is 13.9. The van der Waals surface area contributed by atoms with E-state index in [1.165, 1.54) is 30.3 Å². The van der Waals surface area contributed by atoms with Gasteiger partial charge in [-0.05, 0) is 110 Å². The second-order valence-corrected chi connectivity index (χ2v) is 24.6. The fraction of sp³-hybridized carbons (Fsp3) is 0.543. The molecule has 3 aromatic carbocycles. The van der Waals surface area contributed by atoms with Crippen LogP contribution in [0.15, 0.2) is 98.6 Å². The molecule has 3 aromatic rings. The fourth-order valence-electron chi connectivity index (χ4n) is 10.1. The number of sulfone groups is 1. The number of nitrogens with one attached hydrogen (secondary N) is 3. The number of sulfonamides is 1. The van der Waals surface area contributed by atoms with Gasteiger partial charge >= 0.3 is 5.51 Å². The number of anilines is 2. The van der Waals surface area contributed by atoms with E-state index in [9.17, 15) is 34.8 Å². The van der Waals surface area contributed by atoms with Crippen LogP contribution in [0.4, 0.5) is 24.5 Å². The molecule has 1 unspecified atom stereocenters. The van der Waals surface area contributed by atoms with Crippen molar-refractivity contribution in [1.82, 2.24) is 19.8 Å². The minimum atomic E-state index is -6.04. The highest BCUT2D eigenvalue weighted by Crippen LogP contribution is 2.75. The molecule has 2 saturated heterocycles. The molecule has 1 atom stereocenters. The van der Waals surface area contributed by atoms with Crippen molar-refractivity contribution in [3.05, 3.63) is 89.5 Å². The molecule has 348 valence electrons. The molecule has 64 heavy (non-hydrogen) atoms. The lowest BCUT2D eigenvalue weighted by atomic mass is 9.39. The Morgan fingerprint density at radius 1 is 0.891 bits per heavy atom. The monoisotopic (exact) mass is 962 g/mol. The van der Waals surface area contributed by atoms with Gasteiger partial charge in [-0.15, -0.1) is 23.4 Å². The van der Waals surface area contributed by atoms with E-state index < -0.39 is 47.1 Å². The van der Waals surface area contributed by atoms with Crippen molar-refractivity contribution in [3.8, 4) is 0 Å². The normalized spacial score (nSPS) is 24.7. The van der Waals surface area contributed by atoms with Crippen LogP contribution in [-0.4, -0.2) is 120 Å². The highest BCUT2D eigenvalue weighted by Gasteiger charge is 2.69. The number of piperazine rings is 2. The summed E-state index contributed by atoms with van der Waals surface area (Å²) in [5.74, 6) is -0.616. The van der Waals surface area contributed by atoms with E-state index in [0.29, 0.717) is 35.6 Å². The van der Waals surface area contributed by atoms with Gasteiger partial charge in [0.2, 0.25) is 0 Å². The molecular formula is C46H58ClF3N6O5S3. The number of allylic oxidation sites excluding steroid dienone is 1. The molecule has 2 bridgehead atoms. The molecule has 3 N–H and O–H groups in total. The van der Waals surface area contributed by atoms with Gasteiger partial charge in [0.25, 0.3) is 25.8 Å². The van der Waals surface area contributed by atoms with Gasteiger partial charge in [-0.2, -0.15) is 13.2 Å². The summed E-state index contributed by atoms with van der Waals surface area (Å²) in [7, 11) is -10.9. The van der Waals surface area contributed by atoms with Crippen LogP contribution in [0.2, 0.25) is 0 Å². The first-order valence-corrected chi connectivity index (χ1v) is 26.4. The Bertz CT molecular complexity index is 2420. The number of thioether (sulfide) groups is 1. The van der Waals surface area contributed by atoms with Crippen LogP contribution in [0.1, 0.15) is 69.2 Å². The van der Waals surface area contributed by atoms with Gasteiger partial charge in [0.1, 0.15) is 4.90 Å². The smallest absolute Gasteiger partial charge is 0.380 e. The highest BCUT2D eigenvalue weighted by molar-refractivity contribution is 7.99. The predicted molar refractivity (Wildman–Crippen MR) is 247 cm³/mol. The lowest BCUT2D eigenvalue weighted by molar-refractivity contribution is -0.0535. The Hall–Kier alpha value is -3.32. The van der Waals surface area contributed by atoms with Gasteiger partial charge in [0, 0.05) is 98.3 Å². The van der Waals surface area contributed by atoms with Crippen LogP contribution in [-0.2, 0) is 19.9 Å². The molecule has 3 saturated carbocycles. The third-order valence-electron chi connectivity index (χ3n) is 13.7. The number of rotatable bonds is 16. The summed E-state index contributed by atoms with van der Waals surface area (Å²) in [6.45, 7) is 12.8. The summed E-state index contributed by atoms with van der Waals surface area (Å²) < 4.78 is 97.7. The first-order chi connectivity index (χ1) is 30.2. The van der Waals surface area contributed by atoms with Crippen LogP contribution >= 0.6 is 23.4 Å². The molecule has 11 nitrogen and oxygen atoms in total. The SMILES string of the molecule is CC1(C)CCC(CN2CCN(c3ccc(C(=O)NS(=O)(=O)c4ccc(NC(CCN5CCNCC5)CSc5ccccc5)c(S(=O)(=O)C(F)(F)F)c4)cc3)CC2)=C(C23CC(Cl)(C2)C3)C1. The number of amides is 1. The van der Waals surface area contributed by atoms with Crippen molar-refractivity contribution in [1.29, 1.82) is 0 Å². The number of hydrogen-bond acceptors (Lipinski definition) is 11. The minimum absolute atomic E-state index is 0.0163. The number of benzene rings is 3. The molecule has 4 aliphatic carbocycles. The quantitative estimate of drug-likeness (QED) is 0.0741. The van der Waals surface area contributed by atoms with Crippen molar-refractivity contribution < 1.29 is 34.8 Å². The van der Waals surface area contributed by atoms with Crippen LogP contribution < -0.4 is 20.3 Å². The van der Waals surface area contributed by atoms with Gasteiger partial charge in [-0.25, -0.2) is 21.6 Å². The number of nitrogens with zero attached hydrogens (tertiary/aromatic N) is 3. The summed E-state index contributed by atoms with van der Waals surface area (Å²) in [6.07, 6.45) is 7.26. The van der Waals surface area contributed by atoms with Gasteiger partial charge in [0.15, 0.2) is 0 Å². The Balaban J connectivity index is 0.922. The average Bonchev–Trinajstić information content (AvgIpc) is 3.24. The summed E-state index contributed by atoms with van der Waals surface area (Å²) in [5.41, 5.74) is -1.32. The first-order valence-electron chi connectivity index (χ1n) is 22.1. The standard InChI is InChI=1S/C46H58ClF3N6O5S3/c1-43(2)16-14-34(39(27-43)44-30-45(47,31-44)32-44)28-55-22-24-56(25-23-55)36-10-8-33(9-11-36)42(57)53-64(60,61)38-12-13-40(41(26-38)63(58,59)46(48,49)50)52-35(15-19-54-20-17-51-18-21-54)29-62-37-6-4-3-5-7-37/h3-13,26,35,51-52H,14-25,27-32H2,1-2H3,(H,53,57). The molecule has 9 rings (SSSR count). The molecule has 6 aliphatic rings. The van der Waals surface area contributed by atoms with E-state index >= 15 is 0 Å². The maximum atomic E-state index is 14.2. The zero-order valence-electron chi connectivity index (χ0n) is 36.4. The predicted octanol–water partition coefficient (Wildman–Crippen LogP) is 7.76. The maximum Gasteiger partial charge on any atom is 0.501 e. The van der Waals surface area contributed by atoms with E-state index in [-0.39, 0.29) is 16.1 Å². The van der Waals surface area contributed by atoms with Crippen LogP contribution in [0, 0.1) is 10.8 Å². The largest absolute Gasteiger partial charge is 0.501 e. The van der Waals surface area contributed by atoms with Crippen molar-refractivity contribution in [2.45, 2.75) is 89.9 Å². The number of carbonyl (C=O) groups is 1. The van der Waals surface area contributed by atoms with Gasteiger partial charge in [0.05, 0.1) is 10.6 Å². The summed E-state index contributed by atoms with van der Waals surface area (Å²) in [5, 5.41) is 6.30. The number of alkyl halides is 4. The highest BCUT2D eigenvalue weighted by atomic mass is 35.5. The zero-order chi connectivity index (χ0) is 45.5. The Morgan fingerprint density at radius 2 is 1.56 bits per heavy atom. The van der Waals surface area contributed by atoms with Crippen molar-refractivity contribution >= 4 is 60.5 Å². The Morgan fingerprint density at radius 3 is 2.20 bits per heavy atom. The molecule has 0 spiro atoms. The second-order valence-electron chi connectivity index (χ2n) is 19.1. The molecule has 1 amide bonds. The van der Waals surface area contributed by atoms with Crippen LogP contribution in [0.25, 0.3) is 0 Å². The number of carbonyl (C=O) groups excluding carboxylic acids is 1. The summed E-state index contributed by atoms with van der Waals surface area (Å²) >= 11 is 8.16. The molecule has 0 aromatic heterocycles. The maximum absolute atomic E-state index is 14.2. The second kappa shape index (κ2) is 18.4. The van der Waals surface area contributed by atoms with Crippen molar-refractivity contribution in [2.24, 2.45) is 10.8 Å². The van der Waals surface area contributed by atoms with Gasteiger partial charge in [-0.1, -0.05) is 43.2 Å². The van der Waals surface area contributed by atoms with E-state index in [1.54, 1.807) is 23.3 Å². The van der Waals surface area contributed by atoms with E-state index in [1.807, 2.05) is 35.1 Å². The average molecular weight is 964 g/mol. The molecule has 5 fully saturated rings. The third kappa shape index (κ3) is 10.5. The van der Waals surface area contributed by atoms with E-state index in [4.69, 9.17) is 11.6 Å². The zero-order valence-corrected chi connectivity index (χ0v) is 39.6. The Kier molecular flexibility index (Phi) is 13.6. The minimum Gasteiger partial charge on any atom is -0.380 e. The van der Waals surface area contributed by atoms with Crippen molar-refractivity contribution in [2.75, 3.05) is 81.4 Å². The Labute approximate surface area is 384 Å². The molecule has 2 aliphatic heterocycles. The summed E-state index contributed by atoms with van der Waals surface area (Å²) in [6, 6.07) is 17.9. The number of halogens is 4. The van der Waals surface area contributed by atoms with E-state index in [2.05, 4.69) is 39.2 Å². The van der Waals surface area contributed by atoms with Crippen LogP contribution in [0.3, 0.4) is 0 Å².